The summed E-state index contributed by atoms with van der Waals surface area (Å²) >= 11 is 2.19. The Morgan fingerprint density at radius 3 is 2.56 bits per heavy atom. The molecule has 1 saturated carbocycles. The van der Waals surface area contributed by atoms with Crippen molar-refractivity contribution in [3.8, 4) is 0 Å². The Morgan fingerprint density at radius 1 is 1.50 bits per heavy atom. The first-order valence-corrected chi connectivity index (χ1v) is 6.85. The summed E-state index contributed by atoms with van der Waals surface area (Å²) in [4.78, 5) is 0.432. The minimum atomic E-state index is -3.30. The second kappa shape index (κ2) is 4.85. The lowest BCUT2D eigenvalue weighted by Gasteiger charge is -2.34. The van der Waals surface area contributed by atoms with E-state index in [0.29, 0.717) is 18.8 Å². The monoisotopic (exact) mass is 323 g/mol. The number of hydrogen-bond donors (Lipinski definition) is 1. The molecule has 0 radical (unpaired) electrons. The van der Waals surface area contributed by atoms with Gasteiger partial charge in [0.25, 0.3) is 0 Å². The van der Waals surface area contributed by atoms with Gasteiger partial charge in [-0.2, -0.15) is 13.8 Å². The zero-order chi connectivity index (χ0) is 13.4. The van der Waals surface area contributed by atoms with Crippen molar-refractivity contribution in [3.63, 3.8) is 0 Å². The number of halogens is 3. The minimum Gasteiger partial charge on any atom is -0.331 e. The summed E-state index contributed by atoms with van der Waals surface area (Å²) in [5.41, 5.74) is 5.48. The molecule has 1 heterocycles. The van der Waals surface area contributed by atoms with E-state index in [4.69, 9.17) is 5.73 Å². The Hall–Kier alpha value is -0.560. The van der Waals surface area contributed by atoms with Crippen molar-refractivity contribution in [3.05, 3.63) is 11.7 Å². The number of nitrogens with two attached hydrogens (primary N) is 1. The lowest BCUT2D eigenvalue weighted by atomic mass is 9.76. The van der Waals surface area contributed by atoms with Gasteiger partial charge >= 0.3 is 10.7 Å². The molecule has 0 atom stereocenters. The zero-order valence-electron chi connectivity index (χ0n) is 10.1. The van der Waals surface area contributed by atoms with E-state index in [1.54, 1.807) is 0 Å². The standard InChI is InChI=1S/C11H16BrF2N3O/c1-2-7-3-5-10(15,6-4-7)8-16-9(18-17-8)11(12,13)14/h7H,2-6,15H2,1H3. The summed E-state index contributed by atoms with van der Waals surface area (Å²) < 4.78 is 30.5. The lowest BCUT2D eigenvalue weighted by Crippen LogP contribution is -2.41. The summed E-state index contributed by atoms with van der Waals surface area (Å²) in [5.74, 6) is 0.108. The normalized spacial score (nSPS) is 29.5. The molecule has 1 fully saturated rings. The Bertz CT molecular complexity index is 411. The van der Waals surface area contributed by atoms with Gasteiger partial charge in [0.2, 0.25) is 0 Å². The first-order valence-electron chi connectivity index (χ1n) is 6.05. The minimum absolute atomic E-state index is 0.186. The van der Waals surface area contributed by atoms with E-state index < -0.39 is 16.3 Å². The van der Waals surface area contributed by atoms with Gasteiger partial charge in [-0.25, -0.2) is 0 Å². The second-order valence-electron chi connectivity index (χ2n) is 4.93. The SMILES string of the molecule is CCC1CCC(N)(c2noc(C(F)(F)Br)n2)CC1. The van der Waals surface area contributed by atoms with E-state index in [1.807, 2.05) is 0 Å². The van der Waals surface area contributed by atoms with Crippen LogP contribution in [0.4, 0.5) is 8.78 Å². The number of nitrogens with zero attached hydrogens (tertiary/aromatic N) is 2. The highest BCUT2D eigenvalue weighted by molar-refractivity contribution is 9.09. The molecule has 1 aliphatic carbocycles. The zero-order valence-corrected chi connectivity index (χ0v) is 11.7. The number of aromatic nitrogens is 2. The predicted molar refractivity (Wildman–Crippen MR) is 65.2 cm³/mol. The molecule has 1 aromatic heterocycles. The van der Waals surface area contributed by atoms with Gasteiger partial charge in [0.15, 0.2) is 5.82 Å². The Morgan fingerprint density at radius 2 is 2.11 bits per heavy atom. The maximum atomic E-state index is 13.0. The molecule has 18 heavy (non-hydrogen) atoms. The molecular weight excluding hydrogens is 308 g/mol. The van der Waals surface area contributed by atoms with E-state index >= 15 is 0 Å². The summed E-state index contributed by atoms with van der Waals surface area (Å²) in [6.07, 6.45) is 4.48. The molecule has 1 aromatic rings. The average molecular weight is 324 g/mol. The third kappa shape index (κ3) is 2.71. The lowest BCUT2D eigenvalue weighted by molar-refractivity contribution is 0.0725. The molecule has 7 heteroatoms. The van der Waals surface area contributed by atoms with Crippen LogP contribution >= 0.6 is 15.9 Å². The number of alkyl halides is 3. The maximum absolute atomic E-state index is 13.0. The summed E-state index contributed by atoms with van der Waals surface area (Å²) in [5, 5.41) is 3.61. The number of rotatable bonds is 3. The highest BCUT2D eigenvalue weighted by atomic mass is 79.9. The molecule has 2 N–H and O–H groups in total. The quantitative estimate of drug-likeness (QED) is 0.867. The van der Waals surface area contributed by atoms with Crippen LogP contribution < -0.4 is 5.73 Å². The summed E-state index contributed by atoms with van der Waals surface area (Å²) in [6, 6.07) is 0. The van der Waals surface area contributed by atoms with Gasteiger partial charge in [-0.05, 0) is 31.6 Å². The molecule has 0 amide bonds. The van der Waals surface area contributed by atoms with Gasteiger partial charge < -0.3 is 10.3 Å². The molecule has 0 unspecified atom stereocenters. The summed E-state index contributed by atoms with van der Waals surface area (Å²) in [6.45, 7) is 2.14. The third-order valence-corrected chi connectivity index (χ3v) is 4.03. The van der Waals surface area contributed by atoms with Crippen LogP contribution in [-0.4, -0.2) is 10.1 Å². The van der Waals surface area contributed by atoms with Crippen molar-refractivity contribution >= 4 is 15.9 Å². The molecular formula is C11H16BrF2N3O. The largest absolute Gasteiger partial charge is 0.378 e. The first kappa shape index (κ1) is 13.9. The molecule has 0 saturated heterocycles. The van der Waals surface area contributed by atoms with E-state index in [-0.39, 0.29) is 5.82 Å². The van der Waals surface area contributed by atoms with Crippen molar-refractivity contribution in [1.29, 1.82) is 0 Å². The molecule has 4 nitrogen and oxygen atoms in total. The molecule has 1 aliphatic rings. The molecule has 2 rings (SSSR count). The van der Waals surface area contributed by atoms with Gasteiger partial charge in [0.05, 0.1) is 5.54 Å². The van der Waals surface area contributed by atoms with Crippen LogP contribution in [0, 0.1) is 5.92 Å². The third-order valence-electron chi connectivity index (χ3n) is 3.69. The first-order chi connectivity index (χ1) is 8.35. The second-order valence-corrected chi connectivity index (χ2v) is 5.92. The summed E-state index contributed by atoms with van der Waals surface area (Å²) in [7, 11) is 0. The molecule has 0 bridgehead atoms. The smallest absolute Gasteiger partial charge is 0.331 e. The van der Waals surface area contributed by atoms with Gasteiger partial charge in [-0.1, -0.05) is 18.5 Å². The van der Waals surface area contributed by atoms with Crippen molar-refractivity contribution in [2.24, 2.45) is 11.7 Å². The van der Waals surface area contributed by atoms with Gasteiger partial charge in [-0.3, -0.25) is 0 Å². The van der Waals surface area contributed by atoms with E-state index in [9.17, 15) is 8.78 Å². The molecule has 0 spiro atoms. The van der Waals surface area contributed by atoms with E-state index in [0.717, 1.165) is 19.3 Å². The van der Waals surface area contributed by atoms with Crippen molar-refractivity contribution in [1.82, 2.24) is 10.1 Å². The maximum Gasteiger partial charge on any atom is 0.378 e. The van der Waals surface area contributed by atoms with Crippen LogP contribution in [0.1, 0.15) is 50.7 Å². The Balaban J connectivity index is 2.14. The number of hydrogen-bond acceptors (Lipinski definition) is 4. The van der Waals surface area contributed by atoms with Crippen molar-refractivity contribution < 1.29 is 13.3 Å². The topological polar surface area (TPSA) is 64.9 Å². The highest BCUT2D eigenvalue weighted by Gasteiger charge is 2.41. The van der Waals surface area contributed by atoms with Crippen molar-refractivity contribution in [2.75, 3.05) is 0 Å². The van der Waals surface area contributed by atoms with Crippen LogP contribution in [0.2, 0.25) is 0 Å². The van der Waals surface area contributed by atoms with Crippen molar-refractivity contribution in [2.45, 2.75) is 49.4 Å². The van der Waals surface area contributed by atoms with Crippen LogP contribution in [0.15, 0.2) is 4.52 Å². The molecule has 0 aromatic carbocycles. The Labute approximate surface area is 112 Å². The molecule has 0 aliphatic heterocycles. The molecule has 102 valence electrons. The fourth-order valence-corrected chi connectivity index (χ4v) is 2.53. The van der Waals surface area contributed by atoms with E-state index in [2.05, 4.69) is 37.5 Å². The fraction of sp³-hybridized carbons (Fsp3) is 0.818. The van der Waals surface area contributed by atoms with Gasteiger partial charge in [-0.15, -0.1) is 0 Å². The highest BCUT2D eigenvalue weighted by Crippen LogP contribution is 2.39. The van der Waals surface area contributed by atoms with Gasteiger partial charge in [0, 0.05) is 15.9 Å². The van der Waals surface area contributed by atoms with Crippen LogP contribution in [0.25, 0.3) is 0 Å². The fourth-order valence-electron chi connectivity index (χ4n) is 2.37. The average Bonchev–Trinajstić information content (AvgIpc) is 2.79. The van der Waals surface area contributed by atoms with E-state index in [1.165, 1.54) is 0 Å². The van der Waals surface area contributed by atoms with Gasteiger partial charge in [0.1, 0.15) is 0 Å². The predicted octanol–water partition coefficient (Wildman–Crippen LogP) is 3.27. The van der Waals surface area contributed by atoms with Crippen LogP contribution in [0.5, 0.6) is 0 Å². The Kier molecular flexibility index (Phi) is 3.73. The van der Waals surface area contributed by atoms with Crippen LogP contribution in [0.3, 0.4) is 0 Å². The van der Waals surface area contributed by atoms with Crippen LogP contribution in [-0.2, 0) is 10.4 Å².